The Hall–Kier alpha value is -2.95. The largest absolute Gasteiger partial charge is 0.369 e. The van der Waals surface area contributed by atoms with Crippen LogP contribution < -0.4 is 5.73 Å². The first kappa shape index (κ1) is 17.2. The molecule has 1 saturated carbocycles. The first-order chi connectivity index (χ1) is 13.5. The molecule has 2 aromatic rings. The zero-order valence-corrected chi connectivity index (χ0v) is 16.2. The van der Waals surface area contributed by atoms with Gasteiger partial charge in [0.1, 0.15) is 5.54 Å². The number of amides is 1. The van der Waals surface area contributed by atoms with Crippen LogP contribution in [0.1, 0.15) is 59.4 Å². The van der Waals surface area contributed by atoms with Crippen molar-refractivity contribution in [1.29, 1.82) is 0 Å². The third kappa shape index (κ3) is 2.57. The number of hydrogen-bond acceptors (Lipinski definition) is 4. The van der Waals surface area contributed by atoms with E-state index in [4.69, 9.17) is 10.7 Å². The molecule has 5 rings (SSSR count). The van der Waals surface area contributed by atoms with Gasteiger partial charge < -0.3 is 5.73 Å². The van der Waals surface area contributed by atoms with Crippen LogP contribution in [0, 0.1) is 0 Å². The SMILES string of the molecule is CN1C(=O)[C@@H](c2ccc(C3CC3)cc2)[C@@](C)(c2ccc3c(c2)CN=C3)N=C1N. The van der Waals surface area contributed by atoms with E-state index in [0.717, 1.165) is 16.7 Å². The van der Waals surface area contributed by atoms with Gasteiger partial charge in [-0.2, -0.15) is 0 Å². The molecule has 0 bridgehead atoms. The highest BCUT2D eigenvalue weighted by Gasteiger charge is 2.47. The van der Waals surface area contributed by atoms with Crippen molar-refractivity contribution in [2.75, 3.05) is 7.05 Å². The summed E-state index contributed by atoms with van der Waals surface area (Å²) in [7, 11) is 1.70. The second-order valence-corrected chi connectivity index (χ2v) is 8.27. The van der Waals surface area contributed by atoms with Gasteiger partial charge in [-0.1, -0.05) is 42.5 Å². The Labute approximate surface area is 165 Å². The maximum Gasteiger partial charge on any atom is 0.239 e. The lowest BCUT2D eigenvalue weighted by Crippen LogP contribution is -2.52. The number of guanidine groups is 1. The summed E-state index contributed by atoms with van der Waals surface area (Å²) in [6.45, 7) is 2.69. The zero-order chi connectivity index (χ0) is 19.5. The minimum Gasteiger partial charge on any atom is -0.369 e. The van der Waals surface area contributed by atoms with E-state index >= 15 is 0 Å². The Morgan fingerprint density at radius 2 is 1.82 bits per heavy atom. The number of likely N-dealkylation sites (N-methyl/N-ethyl adjacent to an activating group) is 1. The minimum absolute atomic E-state index is 0.0223. The monoisotopic (exact) mass is 372 g/mol. The maximum absolute atomic E-state index is 13.3. The van der Waals surface area contributed by atoms with Gasteiger partial charge in [-0.3, -0.25) is 14.7 Å². The van der Waals surface area contributed by atoms with E-state index in [0.29, 0.717) is 12.5 Å². The molecule has 28 heavy (non-hydrogen) atoms. The molecule has 2 aromatic carbocycles. The Bertz CT molecular complexity index is 1020. The Morgan fingerprint density at radius 3 is 2.54 bits per heavy atom. The fraction of sp³-hybridized carbons (Fsp3) is 0.348. The van der Waals surface area contributed by atoms with Crippen LogP contribution in [0.25, 0.3) is 0 Å². The first-order valence-electron chi connectivity index (χ1n) is 9.83. The lowest BCUT2D eigenvalue weighted by atomic mass is 9.73. The summed E-state index contributed by atoms with van der Waals surface area (Å²) in [6, 6.07) is 14.8. The molecule has 1 aliphatic carbocycles. The van der Waals surface area contributed by atoms with Crippen molar-refractivity contribution in [3.8, 4) is 0 Å². The van der Waals surface area contributed by atoms with Gasteiger partial charge in [-0.15, -0.1) is 0 Å². The van der Waals surface area contributed by atoms with Gasteiger partial charge in [0.15, 0.2) is 5.96 Å². The summed E-state index contributed by atoms with van der Waals surface area (Å²) in [5.41, 5.74) is 11.0. The highest BCUT2D eigenvalue weighted by atomic mass is 16.2. The van der Waals surface area contributed by atoms with E-state index in [1.165, 1.54) is 28.9 Å². The van der Waals surface area contributed by atoms with Crippen LogP contribution >= 0.6 is 0 Å². The van der Waals surface area contributed by atoms with Crippen molar-refractivity contribution >= 4 is 18.1 Å². The van der Waals surface area contributed by atoms with E-state index in [9.17, 15) is 4.79 Å². The Kier molecular flexibility index (Phi) is 3.69. The van der Waals surface area contributed by atoms with E-state index < -0.39 is 11.5 Å². The van der Waals surface area contributed by atoms with Gasteiger partial charge in [-0.05, 0) is 53.5 Å². The van der Waals surface area contributed by atoms with Crippen molar-refractivity contribution < 1.29 is 4.79 Å². The topological polar surface area (TPSA) is 71.0 Å². The van der Waals surface area contributed by atoms with Gasteiger partial charge in [0, 0.05) is 13.3 Å². The van der Waals surface area contributed by atoms with Crippen LogP contribution in [0.3, 0.4) is 0 Å². The van der Waals surface area contributed by atoms with Crippen molar-refractivity contribution in [3.05, 3.63) is 70.3 Å². The molecule has 142 valence electrons. The van der Waals surface area contributed by atoms with Crippen LogP contribution in [0.15, 0.2) is 52.4 Å². The number of nitrogens with two attached hydrogens (primary N) is 1. The molecule has 1 amide bonds. The number of benzene rings is 2. The number of fused-ring (bicyclic) bond motifs is 1. The summed E-state index contributed by atoms with van der Waals surface area (Å²) in [6.07, 6.45) is 4.42. The van der Waals surface area contributed by atoms with Crippen LogP contribution in [0.2, 0.25) is 0 Å². The predicted molar refractivity (Wildman–Crippen MR) is 111 cm³/mol. The van der Waals surface area contributed by atoms with E-state index in [2.05, 4.69) is 47.5 Å². The zero-order valence-electron chi connectivity index (χ0n) is 16.2. The molecule has 2 heterocycles. The molecule has 1 fully saturated rings. The molecule has 0 radical (unpaired) electrons. The highest BCUT2D eigenvalue weighted by Crippen LogP contribution is 2.45. The van der Waals surface area contributed by atoms with Crippen molar-refractivity contribution in [2.24, 2.45) is 15.7 Å². The summed E-state index contributed by atoms with van der Waals surface area (Å²) in [5.74, 6) is 0.509. The normalized spacial score (nSPS) is 26.4. The molecule has 0 saturated heterocycles. The summed E-state index contributed by atoms with van der Waals surface area (Å²) in [4.78, 5) is 24.0. The maximum atomic E-state index is 13.3. The number of rotatable bonds is 3. The lowest BCUT2D eigenvalue weighted by molar-refractivity contribution is -0.130. The van der Waals surface area contributed by atoms with Crippen LogP contribution in [-0.4, -0.2) is 30.0 Å². The molecular weight excluding hydrogens is 348 g/mol. The molecule has 0 spiro atoms. The number of hydrogen-bond donors (Lipinski definition) is 1. The van der Waals surface area contributed by atoms with Gasteiger partial charge >= 0.3 is 0 Å². The quantitative estimate of drug-likeness (QED) is 0.898. The summed E-state index contributed by atoms with van der Waals surface area (Å²) >= 11 is 0. The molecule has 2 N–H and O–H groups in total. The predicted octanol–water partition coefficient (Wildman–Crippen LogP) is 3.28. The summed E-state index contributed by atoms with van der Waals surface area (Å²) in [5, 5.41) is 0. The van der Waals surface area contributed by atoms with Crippen LogP contribution in [-0.2, 0) is 16.9 Å². The molecule has 0 aromatic heterocycles. The third-order valence-electron chi connectivity index (χ3n) is 6.37. The molecule has 0 unspecified atom stereocenters. The number of aliphatic imine (C=N–C) groups is 2. The number of carbonyl (C=O) groups excluding carboxylic acids is 1. The van der Waals surface area contributed by atoms with Gasteiger partial charge in [0.25, 0.3) is 0 Å². The number of carbonyl (C=O) groups is 1. The standard InChI is InChI=1S/C23H24N4O/c1-23(19-10-9-17-12-25-13-18(17)11-19)20(21(28)27(2)22(24)26-23)16-7-5-15(6-8-16)14-3-4-14/h5-12,14,20H,3-4,13H2,1-2H3,(H2,24,26)/t20-,23-/m1/s1. The summed E-state index contributed by atoms with van der Waals surface area (Å²) < 4.78 is 0. The van der Waals surface area contributed by atoms with Crippen molar-refractivity contribution in [3.63, 3.8) is 0 Å². The third-order valence-corrected chi connectivity index (χ3v) is 6.37. The van der Waals surface area contributed by atoms with Crippen LogP contribution in [0.4, 0.5) is 0 Å². The molecule has 2 atom stereocenters. The van der Waals surface area contributed by atoms with Crippen molar-refractivity contribution in [1.82, 2.24) is 4.90 Å². The molecule has 3 aliphatic rings. The van der Waals surface area contributed by atoms with E-state index in [-0.39, 0.29) is 11.9 Å². The number of nitrogens with zero attached hydrogens (tertiary/aromatic N) is 3. The fourth-order valence-corrected chi connectivity index (χ4v) is 4.43. The molecular formula is C23H24N4O. The molecule has 2 aliphatic heterocycles. The van der Waals surface area contributed by atoms with Crippen LogP contribution in [0.5, 0.6) is 0 Å². The second kappa shape index (κ2) is 6.03. The average molecular weight is 372 g/mol. The highest BCUT2D eigenvalue weighted by molar-refractivity contribution is 6.02. The molecule has 5 nitrogen and oxygen atoms in total. The molecule has 5 heteroatoms. The fourth-order valence-electron chi connectivity index (χ4n) is 4.43. The van der Waals surface area contributed by atoms with E-state index in [1.54, 1.807) is 7.05 Å². The smallest absolute Gasteiger partial charge is 0.239 e. The minimum atomic E-state index is -0.758. The van der Waals surface area contributed by atoms with Gasteiger partial charge in [0.05, 0.1) is 12.5 Å². The van der Waals surface area contributed by atoms with Gasteiger partial charge in [-0.25, -0.2) is 4.99 Å². The Morgan fingerprint density at radius 1 is 1.11 bits per heavy atom. The lowest BCUT2D eigenvalue weighted by Gasteiger charge is -2.41. The van der Waals surface area contributed by atoms with E-state index in [1.807, 2.05) is 13.1 Å². The first-order valence-corrected chi connectivity index (χ1v) is 9.83. The average Bonchev–Trinajstić information content (AvgIpc) is 3.43. The van der Waals surface area contributed by atoms with Gasteiger partial charge in [0.2, 0.25) is 5.91 Å². The Balaban J connectivity index is 1.62. The van der Waals surface area contributed by atoms with Crippen molar-refractivity contribution in [2.45, 2.75) is 43.7 Å². The second-order valence-electron chi connectivity index (χ2n) is 8.27.